The number of fused-ring (bicyclic) bond motifs is 1. The van der Waals surface area contributed by atoms with E-state index in [1.807, 2.05) is 0 Å². The van der Waals surface area contributed by atoms with Crippen molar-refractivity contribution in [2.24, 2.45) is 5.92 Å². The second-order valence-corrected chi connectivity index (χ2v) is 9.64. The molecule has 1 saturated heterocycles. The van der Waals surface area contributed by atoms with E-state index in [1.54, 1.807) is 6.07 Å². The van der Waals surface area contributed by atoms with Gasteiger partial charge in [-0.15, -0.1) is 13.2 Å². The van der Waals surface area contributed by atoms with Crippen LogP contribution in [0.25, 0.3) is 11.0 Å². The highest BCUT2D eigenvalue weighted by Crippen LogP contribution is 2.25. The Balaban J connectivity index is 1.18. The number of nitrogens with zero attached hydrogens (tertiary/aromatic N) is 2. The van der Waals surface area contributed by atoms with Gasteiger partial charge in [-0.05, 0) is 61.7 Å². The maximum absolute atomic E-state index is 13.2. The number of halogens is 4. The van der Waals surface area contributed by atoms with Gasteiger partial charge in [0, 0.05) is 31.1 Å². The molecule has 0 spiro atoms. The molecule has 3 aromatic rings. The number of aromatic nitrogens is 1. The molecule has 0 amide bonds. The monoisotopic (exact) mass is 487 g/mol. The van der Waals surface area contributed by atoms with E-state index in [1.165, 1.54) is 12.1 Å². The van der Waals surface area contributed by atoms with Gasteiger partial charge in [0.15, 0.2) is 5.58 Å². The molecule has 0 bridgehead atoms. The fourth-order valence-electron chi connectivity index (χ4n) is 3.73. The Morgan fingerprint density at radius 3 is 2.58 bits per heavy atom. The quantitative estimate of drug-likeness (QED) is 0.464. The summed E-state index contributed by atoms with van der Waals surface area (Å²) in [4.78, 5) is 2.05. The maximum Gasteiger partial charge on any atom is 0.573 e. The third kappa shape index (κ3) is 6.01. The van der Waals surface area contributed by atoms with Gasteiger partial charge in [-0.25, -0.2) is 17.5 Å². The van der Waals surface area contributed by atoms with Crippen molar-refractivity contribution < 1.29 is 35.2 Å². The van der Waals surface area contributed by atoms with Gasteiger partial charge in [-0.3, -0.25) is 0 Å². The number of ether oxygens (including phenoxy) is 1. The maximum atomic E-state index is 13.2. The van der Waals surface area contributed by atoms with Crippen LogP contribution in [0.15, 0.2) is 51.9 Å². The molecule has 12 heteroatoms. The summed E-state index contributed by atoms with van der Waals surface area (Å²) in [5.74, 6) is -0.717. The first-order chi connectivity index (χ1) is 15.6. The topological polar surface area (TPSA) is 84.7 Å². The molecule has 0 unspecified atom stereocenters. The number of benzene rings is 2. The Labute approximate surface area is 187 Å². The third-order valence-corrected chi connectivity index (χ3v) is 6.80. The van der Waals surface area contributed by atoms with Crippen LogP contribution < -0.4 is 9.46 Å². The minimum absolute atomic E-state index is 0.132. The van der Waals surface area contributed by atoms with Gasteiger partial charge in [-0.1, -0.05) is 5.16 Å². The molecule has 4 rings (SSSR count). The highest BCUT2D eigenvalue weighted by Gasteiger charge is 2.31. The highest BCUT2D eigenvalue weighted by molar-refractivity contribution is 7.89. The van der Waals surface area contributed by atoms with Crippen LogP contribution in [0.1, 0.15) is 12.1 Å². The van der Waals surface area contributed by atoms with E-state index in [2.05, 4.69) is 19.5 Å². The van der Waals surface area contributed by atoms with Crippen LogP contribution in [0.5, 0.6) is 5.75 Å². The normalized spacial score (nSPS) is 15.6. The first kappa shape index (κ1) is 23.5. The van der Waals surface area contributed by atoms with Crippen molar-refractivity contribution in [1.29, 1.82) is 0 Å². The Hall–Kier alpha value is -2.70. The number of likely N-dealkylation sites (tertiary alicyclic amines) is 1. The summed E-state index contributed by atoms with van der Waals surface area (Å²) in [6, 6.07) is 8.38. The largest absolute Gasteiger partial charge is 0.573 e. The van der Waals surface area contributed by atoms with Gasteiger partial charge in [-0.2, -0.15) is 0 Å². The molecule has 0 atom stereocenters. The molecule has 1 aromatic heterocycles. The Morgan fingerprint density at radius 2 is 1.88 bits per heavy atom. The van der Waals surface area contributed by atoms with Crippen LogP contribution in [0.3, 0.4) is 0 Å². The Kier molecular flexibility index (Phi) is 6.59. The average molecular weight is 487 g/mol. The number of sulfonamides is 1. The number of hydrogen-bond acceptors (Lipinski definition) is 6. The van der Waals surface area contributed by atoms with Crippen molar-refractivity contribution in [1.82, 2.24) is 14.8 Å². The molecule has 178 valence electrons. The zero-order valence-corrected chi connectivity index (χ0v) is 18.1. The summed E-state index contributed by atoms with van der Waals surface area (Å²) in [6.07, 6.45) is -3.33. The molecule has 1 N–H and O–H groups in total. The average Bonchev–Trinajstić information content (AvgIpc) is 3.10. The van der Waals surface area contributed by atoms with E-state index in [0.717, 1.165) is 61.4 Å². The first-order valence-corrected chi connectivity index (χ1v) is 11.7. The predicted molar refractivity (Wildman–Crippen MR) is 111 cm³/mol. The van der Waals surface area contributed by atoms with Crippen molar-refractivity contribution in [3.8, 4) is 5.75 Å². The third-order valence-electron chi connectivity index (χ3n) is 5.36. The summed E-state index contributed by atoms with van der Waals surface area (Å²) < 4.78 is 86.0. The zero-order chi connectivity index (χ0) is 23.6. The van der Waals surface area contributed by atoms with Crippen LogP contribution in [-0.2, 0) is 16.4 Å². The molecular formula is C21H21F4N3O4S. The number of aryl methyl sites for hydroxylation is 1. The lowest BCUT2D eigenvalue weighted by atomic mass is 10.00. The van der Waals surface area contributed by atoms with Gasteiger partial charge in [0.1, 0.15) is 11.6 Å². The van der Waals surface area contributed by atoms with Crippen molar-refractivity contribution in [3.63, 3.8) is 0 Å². The van der Waals surface area contributed by atoms with E-state index >= 15 is 0 Å². The molecule has 1 fully saturated rings. The van der Waals surface area contributed by atoms with Crippen LogP contribution in [0, 0.1) is 11.7 Å². The van der Waals surface area contributed by atoms with Crippen LogP contribution in [0.2, 0.25) is 0 Å². The number of alkyl halides is 3. The summed E-state index contributed by atoms with van der Waals surface area (Å²) in [5.41, 5.74) is 1.20. The smallest absolute Gasteiger partial charge is 0.406 e. The van der Waals surface area contributed by atoms with Crippen LogP contribution >= 0.6 is 0 Å². The van der Waals surface area contributed by atoms with Crippen LogP contribution in [0.4, 0.5) is 17.6 Å². The minimum atomic E-state index is -4.84. The highest BCUT2D eigenvalue weighted by atomic mass is 32.2. The Morgan fingerprint density at radius 1 is 1.15 bits per heavy atom. The lowest BCUT2D eigenvalue weighted by Crippen LogP contribution is -2.51. The van der Waals surface area contributed by atoms with E-state index in [0.29, 0.717) is 12.0 Å². The zero-order valence-electron chi connectivity index (χ0n) is 17.3. The summed E-state index contributed by atoms with van der Waals surface area (Å²) in [6.45, 7) is 2.50. The van der Waals surface area contributed by atoms with Gasteiger partial charge >= 0.3 is 6.36 Å². The minimum Gasteiger partial charge on any atom is -0.406 e. The summed E-state index contributed by atoms with van der Waals surface area (Å²) in [7, 11) is -3.83. The molecule has 1 aliphatic rings. The predicted octanol–water partition coefficient (Wildman–Crippen LogP) is 3.71. The van der Waals surface area contributed by atoms with Crippen molar-refractivity contribution >= 4 is 21.0 Å². The molecule has 0 saturated carbocycles. The van der Waals surface area contributed by atoms with Crippen molar-refractivity contribution in [2.75, 3.05) is 26.2 Å². The molecule has 2 heterocycles. The molecule has 0 aliphatic carbocycles. The molecular weight excluding hydrogens is 466 g/mol. The standard InChI is InChI=1S/C21H21F4N3O4S/c22-15-3-8-18-19(27-32-20(18)10-15)2-1-9-28-12-14(13-28)11-26-33(29,30)17-6-4-16(5-7-17)31-21(23,24)25/h3-8,10,14,26H,1-2,9,11-13H2. The van der Waals surface area contributed by atoms with Crippen molar-refractivity contribution in [3.05, 3.63) is 54.0 Å². The molecule has 33 heavy (non-hydrogen) atoms. The fourth-order valence-corrected chi connectivity index (χ4v) is 4.85. The van der Waals surface area contributed by atoms with E-state index in [-0.39, 0.29) is 23.2 Å². The fraction of sp³-hybridized carbons (Fsp3) is 0.381. The molecule has 0 radical (unpaired) electrons. The lowest BCUT2D eigenvalue weighted by molar-refractivity contribution is -0.274. The second-order valence-electron chi connectivity index (χ2n) is 7.87. The van der Waals surface area contributed by atoms with E-state index in [9.17, 15) is 26.0 Å². The van der Waals surface area contributed by atoms with Crippen LogP contribution in [-0.4, -0.2) is 51.0 Å². The SMILES string of the molecule is O=S(=O)(NCC1CN(CCCc2noc3cc(F)ccc23)C1)c1ccc(OC(F)(F)F)cc1. The number of nitrogens with one attached hydrogen (secondary N) is 1. The number of hydrogen-bond donors (Lipinski definition) is 1. The summed E-state index contributed by atoms with van der Waals surface area (Å²) >= 11 is 0. The molecule has 1 aliphatic heterocycles. The summed E-state index contributed by atoms with van der Waals surface area (Å²) in [5, 5.41) is 4.80. The van der Waals surface area contributed by atoms with E-state index in [4.69, 9.17) is 4.52 Å². The molecule has 2 aromatic carbocycles. The first-order valence-electron chi connectivity index (χ1n) is 10.2. The lowest BCUT2D eigenvalue weighted by Gasteiger charge is -2.39. The van der Waals surface area contributed by atoms with Gasteiger partial charge in [0.05, 0.1) is 10.6 Å². The van der Waals surface area contributed by atoms with Gasteiger partial charge < -0.3 is 14.2 Å². The second kappa shape index (κ2) is 9.27. The van der Waals surface area contributed by atoms with Gasteiger partial charge in [0.2, 0.25) is 10.0 Å². The van der Waals surface area contributed by atoms with E-state index < -0.39 is 22.1 Å². The number of rotatable bonds is 9. The molecule has 7 nitrogen and oxygen atoms in total. The van der Waals surface area contributed by atoms with Gasteiger partial charge in [0.25, 0.3) is 0 Å². The van der Waals surface area contributed by atoms with Crippen molar-refractivity contribution in [2.45, 2.75) is 24.1 Å². The Bertz CT molecular complexity index is 1210.